The van der Waals surface area contributed by atoms with Gasteiger partial charge in [-0.05, 0) is 59.7 Å². The number of benzene rings is 2. The molecule has 0 bridgehead atoms. The van der Waals surface area contributed by atoms with Gasteiger partial charge in [-0.1, -0.05) is 12.1 Å². The summed E-state index contributed by atoms with van der Waals surface area (Å²) in [5, 5.41) is 2.94. The van der Waals surface area contributed by atoms with Gasteiger partial charge in [0, 0.05) is 18.3 Å². The van der Waals surface area contributed by atoms with Crippen LogP contribution >= 0.6 is 0 Å². The molecule has 4 nitrogen and oxygen atoms in total. The molecule has 0 atom stereocenters. The molecule has 1 N–H and O–H groups in total. The van der Waals surface area contributed by atoms with Crippen LogP contribution in [-0.2, 0) is 17.6 Å². The van der Waals surface area contributed by atoms with E-state index in [0.717, 1.165) is 36.4 Å². The van der Waals surface area contributed by atoms with E-state index < -0.39 is 0 Å². The standard InChI is InChI=1S/C19H18N2O2/c1-23-17-8-6-14(15-3-2-10-20-19(15)17)12-4-7-16-13(11-12)5-9-18(22)21-16/h4,6-8,10-11H,2-3,5,9H2,1H3,(H,21,22). The number of methoxy groups -OCH3 is 1. The Labute approximate surface area is 135 Å². The predicted octanol–water partition coefficient (Wildman–Crippen LogP) is 3.90. The van der Waals surface area contributed by atoms with Crippen molar-refractivity contribution in [3.8, 4) is 16.9 Å². The average Bonchev–Trinajstić information content (AvgIpc) is 2.60. The maximum absolute atomic E-state index is 11.5. The van der Waals surface area contributed by atoms with E-state index in [4.69, 9.17) is 4.74 Å². The fraction of sp³-hybridized carbons (Fsp3) is 0.263. The van der Waals surface area contributed by atoms with Gasteiger partial charge >= 0.3 is 0 Å². The Morgan fingerprint density at radius 3 is 2.91 bits per heavy atom. The first-order valence-electron chi connectivity index (χ1n) is 7.92. The van der Waals surface area contributed by atoms with Crippen molar-refractivity contribution in [2.45, 2.75) is 25.7 Å². The smallest absolute Gasteiger partial charge is 0.224 e. The molecule has 2 heterocycles. The fourth-order valence-corrected chi connectivity index (χ4v) is 3.36. The summed E-state index contributed by atoms with van der Waals surface area (Å²) in [6, 6.07) is 10.4. The lowest BCUT2D eigenvalue weighted by Gasteiger charge is -2.20. The van der Waals surface area contributed by atoms with Crippen LogP contribution in [-0.4, -0.2) is 19.2 Å². The first kappa shape index (κ1) is 14.0. The maximum atomic E-state index is 11.5. The number of amides is 1. The number of hydrogen-bond donors (Lipinski definition) is 1. The molecule has 23 heavy (non-hydrogen) atoms. The number of nitrogens with one attached hydrogen (secondary N) is 1. The molecule has 2 aromatic carbocycles. The van der Waals surface area contributed by atoms with E-state index in [9.17, 15) is 4.79 Å². The molecule has 0 aromatic heterocycles. The second kappa shape index (κ2) is 5.54. The fourth-order valence-electron chi connectivity index (χ4n) is 3.36. The van der Waals surface area contributed by atoms with Crippen LogP contribution in [0.3, 0.4) is 0 Å². The second-order valence-corrected chi connectivity index (χ2v) is 5.91. The normalized spacial score (nSPS) is 15.6. The average molecular weight is 306 g/mol. The molecular formula is C19H18N2O2. The van der Waals surface area contributed by atoms with Crippen LogP contribution in [0.15, 0.2) is 35.3 Å². The molecule has 116 valence electrons. The minimum atomic E-state index is 0.0985. The highest BCUT2D eigenvalue weighted by Gasteiger charge is 2.19. The lowest BCUT2D eigenvalue weighted by Crippen LogP contribution is -2.18. The number of anilines is 1. The molecule has 1 amide bonds. The molecule has 0 saturated heterocycles. The summed E-state index contributed by atoms with van der Waals surface area (Å²) in [5.74, 6) is 0.923. The molecular weight excluding hydrogens is 288 g/mol. The largest absolute Gasteiger partial charge is 0.494 e. The number of carbonyl (C=O) groups is 1. The zero-order valence-corrected chi connectivity index (χ0v) is 13.1. The summed E-state index contributed by atoms with van der Waals surface area (Å²) < 4.78 is 5.44. The Morgan fingerprint density at radius 2 is 2.04 bits per heavy atom. The van der Waals surface area contributed by atoms with E-state index >= 15 is 0 Å². The maximum Gasteiger partial charge on any atom is 0.224 e. The molecule has 2 aliphatic rings. The van der Waals surface area contributed by atoms with Gasteiger partial charge < -0.3 is 10.1 Å². The van der Waals surface area contributed by atoms with Gasteiger partial charge in [-0.15, -0.1) is 0 Å². The highest BCUT2D eigenvalue weighted by atomic mass is 16.5. The minimum Gasteiger partial charge on any atom is -0.494 e. The van der Waals surface area contributed by atoms with Crippen molar-refractivity contribution < 1.29 is 9.53 Å². The number of aliphatic imine (C=N–C) groups is 1. The predicted molar refractivity (Wildman–Crippen MR) is 91.9 cm³/mol. The number of aryl methyl sites for hydroxylation is 1. The Kier molecular flexibility index (Phi) is 3.37. The summed E-state index contributed by atoms with van der Waals surface area (Å²) in [4.78, 5) is 16.0. The van der Waals surface area contributed by atoms with E-state index in [1.165, 1.54) is 22.3 Å². The number of hydrogen-bond acceptors (Lipinski definition) is 3. The Morgan fingerprint density at radius 1 is 1.13 bits per heavy atom. The Bertz CT molecular complexity index is 824. The first-order chi connectivity index (χ1) is 11.3. The number of carbonyl (C=O) groups excluding carboxylic acids is 1. The van der Waals surface area contributed by atoms with E-state index in [-0.39, 0.29) is 5.91 Å². The van der Waals surface area contributed by atoms with Gasteiger partial charge in [-0.3, -0.25) is 9.79 Å². The van der Waals surface area contributed by atoms with Crippen molar-refractivity contribution >= 4 is 23.5 Å². The molecule has 0 fully saturated rings. The van der Waals surface area contributed by atoms with Gasteiger partial charge in [0.05, 0.1) is 7.11 Å². The third-order valence-corrected chi connectivity index (χ3v) is 4.52. The summed E-state index contributed by atoms with van der Waals surface area (Å²) in [6.45, 7) is 0. The quantitative estimate of drug-likeness (QED) is 0.915. The monoisotopic (exact) mass is 306 g/mol. The summed E-state index contributed by atoms with van der Waals surface area (Å²) >= 11 is 0. The lowest BCUT2D eigenvalue weighted by atomic mass is 9.91. The molecule has 0 aliphatic carbocycles. The van der Waals surface area contributed by atoms with Crippen molar-refractivity contribution in [1.82, 2.24) is 0 Å². The molecule has 0 spiro atoms. The second-order valence-electron chi connectivity index (χ2n) is 5.91. The Hall–Kier alpha value is -2.62. The molecule has 4 heteroatoms. The van der Waals surface area contributed by atoms with Gasteiger partial charge in [-0.2, -0.15) is 0 Å². The van der Waals surface area contributed by atoms with E-state index in [1.807, 2.05) is 18.3 Å². The van der Waals surface area contributed by atoms with Gasteiger partial charge in [0.15, 0.2) is 0 Å². The van der Waals surface area contributed by atoms with Crippen LogP contribution in [0, 0.1) is 0 Å². The Balaban J connectivity index is 1.83. The van der Waals surface area contributed by atoms with Crippen molar-refractivity contribution in [3.05, 3.63) is 41.5 Å². The van der Waals surface area contributed by atoms with Gasteiger partial charge in [0.25, 0.3) is 0 Å². The molecule has 0 saturated carbocycles. The van der Waals surface area contributed by atoms with Crippen LogP contribution < -0.4 is 10.1 Å². The van der Waals surface area contributed by atoms with E-state index in [0.29, 0.717) is 6.42 Å². The minimum absolute atomic E-state index is 0.0985. The SMILES string of the molecule is COc1ccc(-c2ccc3c(c2)CCC(=O)N3)c2c1N=CCC2. The lowest BCUT2D eigenvalue weighted by molar-refractivity contribution is -0.116. The highest BCUT2D eigenvalue weighted by Crippen LogP contribution is 2.41. The van der Waals surface area contributed by atoms with E-state index in [2.05, 4.69) is 28.5 Å². The zero-order chi connectivity index (χ0) is 15.8. The van der Waals surface area contributed by atoms with Gasteiger partial charge in [-0.25, -0.2) is 0 Å². The van der Waals surface area contributed by atoms with Crippen LogP contribution in [0.4, 0.5) is 11.4 Å². The zero-order valence-electron chi connectivity index (χ0n) is 13.1. The molecule has 2 aromatic rings. The van der Waals surface area contributed by atoms with Gasteiger partial charge in [0.1, 0.15) is 11.4 Å². The van der Waals surface area contributed by atoms with Gasteiger partial charge in [0.2, 0.25) is 5.91 Å². The van der Waals surface area contributed by atoms with Crippen molar-refractivity contribution in [2.75, 3.05) is 12.4 Å². The summed E-state index contributed by atoms with van der Waals surface area (Å²) in [5.41, 5.74) is 6.71. The van der Waals surface area contributed by atoms with Crippen molar-refractivity contribution in [2.24, 2.45) is 4.99 Å². The van der Waals surface area contributed by atoms with Crippen LogP contribution in [0.2, 0.25) is 0 Å². The topological polar surface area (TPSA) is 50.7 Å². The number of nitrogens with zero attached hydrogens (tertiary/aromatic N) is 1. The number of fused-ring (bicyclic) bond motifs is 2. The van der Waals surface area contributed by atoms with Crippen LogP contribution in [0.5, 0.6) is 5.75 Å². The number of rotatable bonds is 2. The van der Waals surface area contributed by atoms with Crippen LogP contribution in [0.25, 0.3) is 11.1 Å². The highest BCUT2D eigenvalue weighted by molar-refractivity contribution is 5.94. The molecule has 4 rings (SSSR count). The third kappa shape index (κ3) is 2.40. The first-order valence-corrected chi connectivity index (χ1v) is 7.92. The molecule has 2 aliphatic heterocycles. The molecule has 0 radical (unpaired) electrons. The van der Waals surface area contributed by atoms with Crippen LogP contribution in [0.1, 0.15) is 24.0 Å². The summed E-state index contributed by atoms with van der Waals surface area (Å²) in [6.07, 6.45) is 5.23. The third-order valence-electron chi connectivity index (χ3n) is 4.52. The molecule has 0 unspecified atom stereocenters. The summed E-state index contributed by atoms with van der Waals surface area (Å²) in [7, 11) is 1.68. The van der Waals surface area contributed by atoms with Crippen molar-refractivity contribution in [1.29, 1.82) is 0 Å². The number of ether oxygens (including phenoxy) is 1. The van der Waals surface area contributed by atoms with E-state index in [1.54, 1.807) is 7.11 Å². The van der Waals surface area contributed by atoms with Crippen molar-refractivity contribution in [3.63, 3.8) is 0 Å².